The smallest absolute Gasteiger partial charge is 0.131 e. The molecule has 0 unspecified atom stereocenters. The van der Waals surface area contributed by atoms with Gasteiger partial charge in [0, 0.05) is 29.5 Å². The predicted octanol–water partition coefficient (Wildman–Crippen LogP) is 3.53. The van der Waals surface area contributed by atoms with E-state index in [1.807, 2.05) is 30.3 Å². The van der Waals surface area contributed by atoms with E-state index in [0.717, 1.165) is 27.7 Å². The SMILES string of the molecule is Nc1cccc(-c2ccnc3cc(Cl)ncc23)c1. The first kappa shape index (κ1) is 11.0. The van der Waals surface area contributed by atoms with Gasteiger partial charge < -0.3 is 5.73 Å². The summed E-state index contributed by atoms with van der Waals surface area (Å²) < 4.78 is 0. The second kappa shape index (κ2) is 4.27. The minimum absolute atomic E-state index is 0.444. The Morgan fingerprint density at radius 2 is 1.94 bits per heavy atom. The Morgan fingerprint density at radius 1 is 1.06 bits per heavy atom. The molecule has 0 atom stereocenters. The highest BCUT2D eigenvalue weighted by atomic mass is 35.5. The van der Waals surface area contributed by atoms with Crippen LogP contribution in [0.3, 0.4) is 0 Å². The van der Waals surface area contributed by atoms with Crippen molar-refractivity contribution in [3.63, 3.8) is 0 Å². The summed E-state index contributed by atoms with van der Waals surface area (Å²) in [7, 11) is 0. The monoisotopic (exact) mass is 255 g/mol. The number of hydrogen-bond acceptors (Lipinski definition) is 3. The molecule has 4 heteroatoms. The number of nitrogen functional groups attached to an aromatic ring is 1. The van der Waals surface area contributed by atoms with Gasteiger partial charge in [-0.2, -0.15) is 0 Å². The molecule has 0 amide bonds. The molecule has 0 fully saturated rings. The average Bonchev–Trinajstić information content (AvgIpc) is 2.37. The number of hydrogen-bond donors (Lipinski definition) is 1. The third kappa shape index (κ3) is 1.89. The molecular formula is C14H10ClN3. The Balaban J connectivity index is 2.29. The van der Waals surface area contributed by atoms with Gasteiger partial charge in [-0.3, -0.25) is 4.98 Å². The highest BCUT2D eigenvalue weighted by molar-refractivity contribution is 6.30. The van der Waals surface area contributed by atoms with E-state index >= 15 is 0 Å². The number of pyridine rings is 2. The molecule has 0 radical (unpaired) electrons. The van der Waals surface area contributed by atoms with Crippen LogP contribution in [0.15, 0.2) is 48.8 Å². The summed E-state index contributed by atoms with van der Waals surface area (Å²) in [6, 6.07) is 11.4. The van der Waals surface area contributed by atoms with Crippen LogP contribution < -0.4 is 5.73 Å². The number of benzene rings is 1. The van der Waals surface area contributed by atoms with Crippen molar-refractivity contribution in [2.75, 3.05) is 5.73 Å². The fourth-order valence-corrected chi connectivity index (χ4v) is 2.13. The van der Waals surface area contributed by atoms with Gasteiger partial charge in [-0.05, 0) is 29.3 Å². The van der Waals surface area contributed by atoms with E-state index in [-0.39, 0.29) is 0 Å². The van der Waals surface area contributed by atoms with Gasteiger partial charge in [0.1, 0.15) is 5.15 Å². The first-order valence-electron chi connectivity index (χ1n) is 5.50. The van der Waals surface area contributed by atoms with E-state index < -0.39 is 0 Å². The van der Waals surface area contributed by atoms with Gasteiger partial charge in [-0.15, -0.1) is 0 Å². The Bertz CT molecular complexity index is 725. The van der Waals surface area contributed by atoms with Gasteiger partial charge in [0.2, 0.25) is 0 Å². The van der Waals surface area contributed by atoms with Crippen LogP contribution in [0.5, 0.6) is 0 Å². The topological polar surface area (TPSA) is 51.8 Å². The molecular weight excluding hydrogens is 246 g/mol. The van der Waals surface area contributed by atoms with Crippen LogP contribution in [0.2, 0.25) is 5.15 Å². The molecule has 0 aliphatic carbocycles. The molecule has 88 valence electrons. The molecule has 0 bridgehead atoms. The summed E-state index contributed by atoms with van der Waals surface area (Å²) in [5, 5.41) is 1.41. The van der Waals surface area contributed by atoms with Crippen LogP contribution >= 0.6 is 11.6 Å². The molecule has 0 saturated carbocycles. The molecule has 2 N–H and O–H groups in total. The summed E-state index contributed by atoms with van der Waals surface area (Å²) in [5.74, 6) is 0. The van der Waals surface area contributed by atoms with Crippen molar-refractivity contribution in [2.45, 2.75) is 0 Å². The Labute approximate surface area is 109 Å². The number of nitrogens with two attached hydrogens (primary N) is 1. The standard InChI is InChI=1S/C14H10ClN3/c15-14-7-13-12(8-18-14)11(4-5-17-13)9-2-1-3-10(16)6-9/h1-8H,16H2. The van der Waals surface area contributed by atoms with Gasteiger partial charge >= 0.3 is 0 Å². The first-order valence-corrected chi connectivity index (χ1v) is 5.88. The van der Waals surface area contributed by atoms with Crippen molar-refractivity contribution < 1.29 is 0 Å². The summed E-state index contributed by atoms with van der Waals surface area (Å²) >= 11 is 5.87. The number of halogens is 1. The zero-order valence-corrected chi connectivity index (χ0v) is 10.2. The maximum absolute atomic E-state index is 5.87. The molecule has 3 nitrogen and oxygen atoms in total. The fraction of sp³-hybridized carbons (Fsp3) is 0. The van der Waals surface area contributed by atoms with Gasteiger partial charge in [-0.25, -0.2) is 4.98 Å². The Hall–Kier alpha value is -2.13. The molecule has 18 heavy (non-hydrogen) atoms. The number of aromatic nitrogens is 2. The molecule has 3 aromatic rings. The predicted molar refractivity (Wildman–Crippen MR) is 74.4 cm³/mol. The normalized spacial score (nSPS) is 10.7. The summed E-state index contributed by atoms with van der Waals surface area (Å²) in [4.78, 5) is 8.41. The lowest BCUT2D eigenvalue weighted by atomic mass is 10.0. The minimum atomic E-state index is 0.444. The number of anilines is 1. The maximum Gasteiger partial charge on any atom is 0.131 e. The van der Waals surface area contributed by atoms with Crippen molar-refractivity contribution in [1.29, 1.82) is 0 Å². The molecule has 1 aromatic carbocycles. The van der Waals surface area contributed by atoms with E-state index in [9.17, 15) is 0 Å². The van der Waals surface area contributed by atoms with Crippen LogP contribution in [-0.2, 0) is 0 Å². The molecule has 0 aliphatic rings. The zero-order chi connectivity index (χ0) is 12.5. The number of rotatable bonds is 1. The Morgan fingerprint density at radius 3 is 2.78 bits per heavy atom. The largest absolute Gasteiger partial charge is 0.399 e. The fourth-order valence-electron chi connectivity index (χ4n) is 1.97. The zero-order valence-electron chi connectivity index (χ0n) is 9.47. The van der Waals surface area contributed by atoms with Crippen LogP contribution in [0.4, 0.5) is 5.69 Å². The second-order valence-electron chi connectivity index (χ2n) is 4.01. The third-order valence-corrected chi connectivity index (χ3v) is 3.00. The van der Waals surface area contributed by atoms with Crippen LogP contribution in [-0.4, -0.2) is 9.97 Å². The van der Waals surface area contributed by atoms with Crippen LogP contribution in [0.25, 0.3) is 22.0 Å². The van der Waals surface area contributed by atoms with Crippen molar-refractivity contribution in [3.05, 3.63) is 53.9 Å². The lowest BCUT2D eigenvalue weighted by Gasteiger charge is -2.06. The third-order valence-electron chi connectivity index (χ3n) is 2.79. The van der Waals surface area contributed by atoms with E-state index in [1.54, 1.807) is 18.5 Å². The molecule has 0 spiro atoms. The van der Waals surface area contributed by atoms with Crippen LogP contribution in [0.1, 0.15) is 0 Å². The van der Waals surface area contributed by atoms with E-state index in [4.69, 9.17) is 17.3 Å². The van der Waals surface area contributed by atoms with Gasteiger partial charge in [0.15, 0.2) is 0 Å². The lowest BCUT2D eigenvalue weighted by Crippen LogP contribution is -1.88. The molecule has 0 saturated heterocycles. The summed E-state index contributed by atoms with van der Waals surface area (Å²) in [5.41, 5.74) is 9.48. The number of nitrogens with zero attached hydrogens (tertiary/aromatic N) is 2. The summed E-state index contributed by atoms with van der Waals surface area (Å²) in [6.07, 6.45) is 3.50. The second-order valence-corrected chi connectivity index (χ2v) is 4.40. The van der Waals surface area contributed by atoms with Crippen molar-refractivity contribution in [1.82, 2.24) is 9.97 Å². The van der Waals surface area contributed by atoms with E-state index in [2.05, 4.69) is 9.97 Å². The quantitative estimate of drug-likeness (QED) is 0.535. The minimum Gasteiger partial charge on any atom is -0.399 e. The Kier molecular flexibility index (Phi) is 2.61. The van der Waals surface area contributed by atoms with E-state index in [1.165, 1.54) is 0 Å². The van der Waals surface area contributed by atoms with Gasteiger partial charge in [-0.1, -0.05) is 23.7 Å². The van der Waals surface area contributed by atoms with Crippen molar-refractivity contribution >= 4 is 28.2 Å². The lowest BCUT2D eigenvalue weighted by molar-refractivity contribution is 1.32. The highest BCUT2D eigenvalue weighted by Crippen LogP contribution is 2.28. The molecule has 2 heterocycles. The molecule has 3 rings (SSSR count). The van der Waals surface area contributed by atoms with Crippen molar-refractivity contribution in [2.24, 2.45) is 0 Å². The highest BCUT2D eigenvalue weighted by Gasteiger charge is 2.05. The summed E-state index contributed by atoms with van der Waals surface area (Å²) in [6.45, 7) is 0. The first-order chi connectivity index (χ1) is 8.74. The van der Waals surface area contributed by atoms with Crippen molar-refractivity contribution in [3.8, 4) is 11.1 Å². The van der Waals surface area contributed by atoms with Gasteiger partial charge in [0.25, 0.3) is 0 Å². The maximum atomic E-state index is 5.87. The van der Waals surface area contributed by atoms with E-state index in [0.29, 0.717) is 5.15 Å². The number of fused-ring (bicyclic) bond motifs is 1. The molecule has 0 aliphatic heterocycles. The van der Waals surface area contributed by atoms with Crippen LogP contribution in [0, 0.1) is 0 Å². The van der Waals surface area contributed by atoms with Gasteiger partial charge in [0.05, 0.1) is 5.52 Å². The molecule has 2 aromatic heterocycles. The average molecular weight is 256 g/mol.